The SMILES string of the molecule is Cc1ccc(Cl)cc1NS(=O)(=O)c1cn(C2CCCC2)nc1-c1cccs1. The molecule has 1 aliphatic rings. The summed E-state index contributed by atoms with van der Waals surface area (Å²) in [6, 6.07) is 9.22. The summed E-state index contributed by atoms with van der Waals surface area (Å²) in [6.45, 7) is 1.84. The van der Waals surface area contributed by atoms with Crippen LogP contribution in [0.5, 0.6) is 0 Å². The Labute approximate surface area is 168 Å². The quantitative estimate of drug-likeness (QED) is 0.592. The van der Waals surface area contributed by atoms with E-state index in [1.54, 1.807) is 24.4 Å². The number of anilines is 1. The highest BCUT2D eigenvalue weighted by atomic mass is 35.5. The Morgan fingerprint density at radius 2 is 2.04 bits per heavy atom. The fourth-order valence-corrected chi connectivity index (χ4v) is 5.65. The zero-order chi connectivity index (χ0) is 19.0. The Morgan fingerprint density at radius 1 is 1.26 bits per heavy atom. The molecular weight excluding hydrogens is 402 g/mol. The molecule has 1 N–H and O–H groups in total. The predicted molar refractivity (Wildman–Crippen MR) is 110 cm³/mol. The average molecular weight is 422 g/mol. The molecule has 8 heteroatoms. The van der Waals surface area contributed by atoms with E-state index in [4.69, 9.17) is 11.6 Å². The van der Waals surface area contributed by atoms with E-state index < -0.39 is 10.0 Å². The molecule has 0 bridgehead atoms. The Hall–Kier alpha value is -1.83. The summed E-state index contributed by atoms with van der Waals surface area (Å²) in [7, 11) is -3.80. The van der Waals surface area contributed by atoms with Crippen molar-refractivity contribution in [2.75, 3.05) is 4.72 Å². The van der Waals surface area contributed by atoms with Gasteiger partial charge in [0.05, 0.1) is 16.6 Å². The number of aryl methyl sites for hydroxylation is 1. The number of thiophene rings is 1. The molecule has 1 aliphatic carbocycles. The average Bonchev–Trinajstić information content (AvgIpc) is 3.38. The van der Waals surface area contributed by atoms with Gasteiger partial charge in [-0.1, -0.05) is 36.6 Å². The molecule has 27 heavy (non-hydrogen) atoms. The van der Waals surface area contributed by atoms with Crippen molar-refractivity contribution in [1.82, 2.24) is 9.78 Å². The third-order valence-electron chi connectivity index (χ3n) is 4.89. The Morgan fingerprint density at radius 3 is 2.74 bits per heavy atom. The van der Waals surface area contributed by atoms with Gasteiger partial charge >= 0.3 is 0 Å². The van der Waals surface area contributed by atoms with Crippen molar-refractivity contribution >= 4 is 38.6 Å². The molecule has 0 radical (unpaired) electrons. The summed E-state index contributed by atoms with van der Waals surface area (Å²) in [6.07, 6.45) is 6.05. The Balaban J connectivity index is 1.77. The molecule has 4 rings (SSSR count). The zero-order valence-corrected chi connectivity index (χ0v) is 17.2. The van der Waals surface area contributed by atoms with Crippen LogP contribution in [0.15, 0.2) is 46.8 Å². The molecule has 5 nitrogen and oxygen atoms in total. The molecular formula is C19H20ClN3O2S2. The number of aromatic nitrogens is 2. The van der Waals surface area contributed by atoms with Crippen LogP contribution in [0.1, 0.15) is 37.3 Å². The van der Waals surface area contributed by atoms with Gasteiger partial charge in [-0.15, -0.1) is 11.3 Å². The lowest BCUT2D eigenvalue weighted by atomic mass is 10.2. The van der Waals surface area contributed by atoms with Crippen LogP contribution in [0.4, 0.5) is 5.69 Å². The smallest absolute Gasteiger partial charge is 0.265 e. The molecule has 2 heterocycles. The summed E-state index contributed by atoms with van der Waals surface area (Å²) >= 11 is 7.53. The summed E-state index contributed by atoms with van der Waals surface area (Å²) in [5.41, 5.74) is 1.79. The Kier molecular flexibility index (Phi) is 5.01. The molecule has 1 aromatic carbocycles. The van der Waals surface area contributed by atoms with Crippen LogP contribution in [0.25, 0.3) is 10.6 Å². The molecule has 0 saturated heterocycles. The molecule has 1 fully saturated rings. The molecule has 0 aliphatic heterocycles. The van der Waals surface area contributed by atoms with Gasteiger partial charge in [-0.05, 0) is 48.9 Å². The van der Waals surface area contributed by atoms with Crippen LogP contribution in [0.2, 0.25) is 5.02 Å². The fraction of sp³-hybridized carbons (Fsp3) is 0.316. The summed E-state index contributed by atoms with van der Waals surface area (Å²) in [5, 5.41) is 7.07. The van der Waals surface area contributed by atoms with Gasteiger partial charge in [0.1, 0.15) is 10.6 Å². The summed E-state index contributed by atoms with van der Waals surface area (Å²) in [5.74, 6) is 0. The number of benzene rings is 1. The normalized spacial score (nSPS) is 15.3. The van der Waals surface area contributed by atoms with Crippen LogP contribution in [0, 0.1) is 6.92 Å². The minimum absolute atomic E-state index is 0.205. The van der Waals surface area contributed by atoms with Gasteiger partial charge in [-0.25, -0.2) is 8.42 Å². The van der Waals surface area contributed by atoms with Gasteiger partial charge in [-0.2, -0.15) is 5.10 Å². The van der Waals surface area contributed by atoms with E-state index in [-0.39, 0.29) is 10.9 Å². The first-order valence-electron chi connectivity index (χ1n) is 8.86. The van der Waals surface area contributed by atoms with Crippen LogP contribution in [0.3, 0.4) is 0 Å². The van der Waals surface area contributed by atoms with Crippen molar-refractivity contribution in [2.45, 2.75) is 43.5 Å². The van der Waals surface area contributed by atoms with Gasteiger partial charge in [0.15, 0.2) is 0 Å². The maximum Gasteiger partial charge on any atom is 0.265 e. The maximum atomic E-state index is 13.2. The summed E-state index contributed by atoms with van der Waals surface area (Å²) < 4.78 is 30.9. The van der Waals surface area contributed by atoms with Crippen LogP contribution in [-0.2, 0) is 10.0 Å². The van der Waals surface area contributed by atoms with E-state index >= 15 is 0 Å². The number of hydrogen-bond donors (Lipinski definition) is 1. The van der Waals surface area contributed by atoms with Gasteiger partial charge in [0.25, 0.3) is 10.0 Å². The van der Waals surface area contributed by atoms with E-state index in [1.165, 1.54) is 11.3 Å². The van der Waals surface area contributed by atoms with E-state index in [2.05, 4.69) is 9.82 Å². The first kappa shape index (κ1) is 18.5. The maximum absolute atomic E-state index is 13.2. The van der Waals surface area contributed by atoms with Crippen LogP contribution < -0.4 is 4.72 Å². The highest BCUT2D eigenvalue weighted by Crippen LogP contribution is 2.35. The van der Waals surface area contributed by atoms with Gasteiger partial charge in [0, 0.05) is 11.2 Å². The third kappa shape index (κ3) is 3.77. The molecule has 0 atom stereocenters. The lowest BCUT2D eigenvalue weighted by molar-refractivity contribution is 0.467. The van der Waals surface area contributed by atoms with Crippen LogP contribution in [-0.4, -0.2) is 18.2 Å². The van der Waals surface area contributed by atoms with Crippen molar-refractivity contribution in [3.05, 3.63) is 52.5 Å². The Bertz CT molecular complexity index is 1050. The summed E-state index contributed by atoms with van der Waals surface area (Å²) in [4.78, 5) is 1.05. The van der Waals surface area contributed by atoms with Crippen molar-refractivity contribution in [3.63, 3.8) is 0 Å². The van der Waals surface area contributed by atoms with Crippen molar-refractivity contribution in [1.29, 1.82) is 0 Å². The molecule has 0 unspecified atom stereocenters. The van der Waals surface area contributed by atoms with E-state index in [9.17, 15) is 8.42 Å². The van der Waals surface area contributed by atoms with E-state index in [0.717, 1.165) is 36.1 Å². The first-order valence-corrected chi connectivity index (χ1v) is 11.6. The molecule has 0 amide bonds. The number of nitrogens with zero attached hydrogens (tertiary/aromatic N) is 2. The second kappa shape index (κ2) is 7.30. The molecule has 142 valence electrons. The lowest BCUT2D eigenvalue weighted by Crippen LogP contribution is -2.14. The van der Waals surface area contributed by atoms with Gasteiger partial charge < -0.3 is 0 Å². The third-order valence-corrected chi connectivity index (χ3v) is 7.36. The lowest BCUT2D eigenvalue weighted by Gasteiger charge is -2.11. The molecule has 3 aromatic rings. The predicted octanol–water partition coefficient (Wildman–Crippen LogP) is 5.49. The topological polar surface area (TPSA) is 64.0 Å². The van der Waals surface area contributed by atoms with Crippen molar-refractivity contribution < 1.29 is 8.42 Å². The number of rotatable bonds is 5. The number of sulfonamides is 1. The van der Waals surface area contributed by atoms with Crippen LogP contribution >= 0.6 is 22.9 Å². The van der Waals surface area contributed by atoms with E-state index in [1.807, 2.05) is 29.1 Å². The number of halogens is 1. The highest BCUT2D eigenvalue weighted by molar-refractivity contribution is 7.92. The standard InChI is InChI=1S/C19H20ClN3O2S2/c1-13-8-9-14(20)11-16(13)22-27(24,25)18-12-23(15-5-2-3-6-15)21-19(18)17-7-4-10-26-17/h4,7-12,15,22H,2-3,5-6H2,1H3. The fourth-order valence-electron chi connectivity index (χ4n) is 3.42. The van der Waals surface area contributed by atoms with Gasteiger partial charge in [-0.3, -0.25) is 9.40 Å². The zero-order valence-electron chi connectivity index (χ0n) is 14.9. The minimum Gasteiger partial charge on any atom is -0.279 e. The number of nitrogens with one attached hydrogen (secondary N) is 1. The largest absolute Gasteiger partial charge is 0.279 e. The second-order valence-electron chi connectivity index (χ2n) is 6.80. The second-order valence-corrected chi connectivity index (χ2v) is 9.84. The molecule has 1 saturated carbocycles. The van der Waals surface area contributed by atoms with E-state index in [0.29, 0.717) is 16.4 Å². The van der Waals surface area contributed by atoms with Crippen molar-refractivity contribution in [2.24, 2.45) is 0 Å². The highest BCUT2D eigenvalue weighted by Gasteiger charge is 2.28. The number of hydrogen-bond acceptors (Lipinski definition) is 4. The van der Waals surface area contributed by atoms with Gasteiger partial charge in [0.2, 0.25) is 0 Å². The molecule has 0 spiro atoms. The molecule has 2 aromatic heterocycles. The minimum atomic E-state index is -3.80. The van der Waals surface area contributed by atoms with Crippen molar-refractivity contribution in [3.8, 4) is 10.6 Å². The first-order chi connectivity index (χ1) is 12.9. The monoisotopic (exact) mass is 421 g/mol.